The molecule has 1 aromatic heterocycles. The number of piperidine rings is 1. The number of hydrogen-bond donors (Lipinski definition) is 1. The number of likely N-dealkylation sites (tertiary alicyclic amines) is 1. The third-order valence-electron chi connectivity index (χ3n) is 4.82. The molecule has 1 saturated carbocycles. The third-order valence-corrected chi connectivity index (χ3v) is 4.82. The molecule has 1 amide bonds. The molecule has 2 atom stereocenters. The Morgan fingerprint density at radius 3 is 2.85 bits per heavy atom. The summed E-state index contributed by atoms with van der Waals surface area (Å²) in [5.41, 5.74) is -0.143. The average molecular weight is 279 g/mol. The summed E-state index contributed by atoms with van der Waals surface area (Å²) in [5, 5.41) is 10.1. The van der Waals surface area contributed by atoms with Gasteiger partial charge in [0.1, 0.15) is 0 Å². The first-order valence-electron chi connectivity index (χ1n) is 7.30. The van der Waals surface area contributed by atoms with Gasteiger partial charge in [-0.1, -0.05) is 0 Å². The Bertz CT molecular complexity index is 460. The maximum absolute atomic E-state index is 12.2. The average Bonchev–Trinajstić information content (AvgIpc) is 3.01. The molecule has 1 aromatic rings. The summed E-state index contributed by atoms with van der Waals surface area (Å²) in [6.45, 7) is 3.96. The van der Waals surface area contributed by atoms with E-state index in [1.54, 1.807) is 17.0 Å². The molecule has 2 heterocycles. The Labute approximate surface area is 118 Å². The monoisotopic (exact) mass is 279 g/mol. The van der Waals surface area contributed by atoms with Crippen molar-refractivity contribution in [3.8, 4) is 0 Å². The lowest BCUT2D eigenvalue weighted by molar-refractivity contribution is -0.207. The van der Waals surface area contributed by atoms with Crippen LogP contribution in [0.25, 0.3) is 0 Å². The van der Waals surface area contributed by atoms with Crippen LogP contribution >= 0.6 is 0 Å². The SMILES string of the molecule is CCO[C@H]1C[C@@H](O)C12CCN(C(=O)c1ccco1)CC2. The fourth-order valence-electron chi connectivity index (χ4n) is 3.50. The van der Waals surface area contributed by atoms with Gasteiger partial charge in [0.2, 0.25) is 0 Å². The van der Waals surface area contributed by atoms with Crippen molar-refractivity contribution >= 4 is 5.91 Å². The first-order chi connectivity index (χ1) is 9.67. The van der Waals surface area contributed by atoms with E-state index >= 15 is 0 Å². The van der Waals surface area contributed by atoms with Crippen LogP contribution in [0.4, 0.5) is 0 Å². The zero-order valence-electron chi connectivity index (χ0n) is 11.7. The highest BCUT2D eigenvalue weighted by molar-refractivity contribution is 5.91. The second-order valence-electron chi connectivity index (χ2n) is 5.70. The molecule has 1 saturated heterocycles. The maximum atomic E-state index is 12.2. The van der Waals surface area contributed by atoms with E-state index < -0.39 is 0 Å². The number of carbonyl (C=O) groups is 1. The number of ether oxygens (including phenoxy) is 1. The normalized spacial score (nSPS) is 28.4. The highest BCUT2D eigenvalue weighted by Crippen LogP contribution is 2.51. The number of amides is 1. The zero-order valence-corrected chi connectivity index (χ0v) is 11.7. The molecule has 0 bridgehead atoms. The minimum atomic E-state index is -0.292. The van der Waals surface area contributed by atoms with Crippen molar-refractivity contribution in [2.45, 2.75) is 38.4 Å². The van der Waals surface area contributed by atoms with Gasteiger partial charge in [0, 0.05) is 31.5 Å². The van der Waals surface area contributed by atoms with Crippen molar-refractivity contribution in [3.05, 3.63) is 24.2 Å². The lowest BCUT2D eigenvalue weighted by Crippen LogP contribution is -2.62. The van der Waals surface area contributed by atoms with Gasteiger partial charge in [-0.25, -0.2) is 0 Å². The van der Waals surface area contributed by atoms with E-state index in [1.165, 1.54) is 6.26 Å². The molecule has 2 aliphatic rings. The number of hydrogen-bond acceptors (Lipinski definition) is 4. The van der Waals surface area contributed by atoms with Crippen LogP contribution in [-0.2, 0) is 4.74 Å². The second kappa shape index (κ2) is 5.22. The second-order valence-corrected chi connectivity index (χ2v) is 5.70. The summed E-state index contributed by atoms with van der Waals surface area (Å²) in [7, 11) is 0. The van der Waals surface area contributed by atoms with Crippen LogP contribution in [-0.4, -0.2) is 47.8 Å². The number of rotatable bonds is 3. The Kier molecular flexibility index (Phi) is 3.56. The van der Waals surface area contributed by atoms with E-state index in [0.717, 1.165) is 19.3 Å². The molecular formula is C15H21NO4. The molecule has 20 heavy (non-hydrogen) atoms. The third kappa shape index (κ3) is 2.05. The molecule has 3 rings (SSSR count). The standard InChI is InChI=1S/C15H21NO4/c1-2-19-13-10-12(17)15(13)5-7-16(8-6-15)14(18)11-4-3-9-20-11/h3-4,9,12-13,17H,2,5-8,10H2,1H3/t12-,13+/m1/s1. The summed E-state index contributed by atoms with van der Waals surface area (Å²) >= 11 is 0. The molecule has 1 N–H and O–H groups in total. The van der Waals surface area contributed by atoms with E-state index in [9.17, 15) is 9.90 Å². The largest absolute Gasteiger partial charge is 0.459 e. The van der Waals surface area contributed by atoms with Crippen LogP contribution in [0.5, 0.6) is 0 Å². The Morgan fingerprint density at radius 1 is 1.55 bits per heavy atom. The Morgan fingerprint density at radius 2 is 2.30 bits per heavy atom. The van der Waals surface area contributed by atoms with Gasteiger partial charge in [-0.15, -0.1) is 0 Å². The van der Waals surface area contributed by atoms with Crippen molar-refractivity contribution in [2.24, 2.45) is 5.41 Å². The highest BCUT2D eigenvalue weighted by Gasteiger charge is 2.56. The summed E-state index contributed by atoms with van der Waals surface area (Å²) in [6, 6.07) is 3.41. The maximum Gasteiger partial charge on any atom is 0.289 e. The van der Waals surface area contributed by atoms with Gasteiger partial charge in [-0.3, -0.25) is 4.79 Å². The van der Waals surface area contributed by atoms with Crippen molar-refractivity contribution in [1.29, 1.82) is 0 Å². The number of furan rings is 1. The van der Waals surface area contributed by atoms with Gasteiger partial charge >= 0.3 is 0 Å². The molecular weight excluding hydrogens is 258 g/mol. The van der Waals surface area contributed by atoms with Gasteiger partial charge in [-0.2, -0.15) is 0 Å². The topological polar surface area (TPSA) is 62.9 Å². The molecule has 5 heteroatoms. The molecule has 0 radical (unpaired) electrons. The lowest BCUT2D eigenvalue weighted by Gasteiger charge is -2.56. The molecule has 2 fully saturated rings. The number of nitrogens with zero attached hydrogens (tertiary/aromatic N) is 1. The lowest BCUT2D eigenvalue weighted by atomic mass is 9.58. The first kappa shape index (κ1) is 13.6. The number of aliphatic hydroxyl groups excluding tert-OH is 1. The van der Waals surface area contributed by atoms with Gasteiger partial charge in [0.05, 0.1) is 18.5 Å². The van der Waals surface area contributed by atoms with Crippen LogP contribution in [0.2, 0.25) is 0 Å². The number of carbonyl (C=O) groups excluding carboxylic acids is 1. The van der Waals surface area contributed by atoms with E-state index in [1.807, 2.05) is 6.92 Å². The van der Waals surface area contributed by atoms with Crippen LogP contribution in [0, 0.1) is 5.41 Å². The molecule has 0 aromatic carbocycles. The molecule has 5 nitrogen and oxygen atoms in total. The van der Waals surface area contributed by atoms with Gasteiger partial charge in [0.25, 0.3) is 5.91 Å². The quantitative estimate of drug-likeness (QED) is 0.914. The fraction of sp³-hybridized carbons (Fsp3) is 0.667. The Hall–Kier alpha value is -1.33. The van der Waals surface area contributed by atoms with Crippen molar-refractivity contribution in [1.82, 2.24) is 4.90 Å². The van der Waals surface area contributed by atoms with Crippen LogP contribution in [0.1, 0.15) is 36.7 Å². The summed E-state index contributed by atoms with van der Waals surface area (Å²) in [4.78, 5) is 14.0. The van der Waals surface area contributed by atoms with Crippen molar-refractivity contribution in [2.75, 3.05) is 19.7 Å². The smallest absolute Gasteiger partial charge is 0.289 e. The molecule has 0 unspecified atom stereocenters. The van der Waals surface area contributed by atoms with Crippen LogP contribution in [0.15, 0.2) is 22.8 Å². The van der Waals surface area contributed by atoms with E-state index in [4.69, 9.17) is 9.15 Å². The van der Waals surface area contributed by atoms with E-state index in [-0.39, 0.29) is 23.5 Å². The minimum Gasteiger partial charge on any atom is -0.459 e. The molecule has 1 aliphatic heterocycles. The number of aliphatic hydroxyl groups is 1. The summed E-state index contributed by atoms with van der Waals surface area (Å²) < 4.78 is 10.9. The predicted molar refractivity (Wildman–Crippen MR) is 72.3 cm³/mol. The van der Waals surface area contributed by atoms with Gasteiger partial charge in [-0.05, 0) is 31.9 Å². The minimum absolute atomic E-state index is 0.0633. The van der Waals surface area contributed by atoms with E-state index in [0.29, 0.717) is 25.5 Å². The van der Waals surface area contributed by atoms with Crippen LogP contribution < -0.4 is 0 Å². The highest BCUT2D eigenvalue weighted by atomic mass is 16.5. The van der Waals surface area contributed by atoms with Crippen LogP contribution in [0.3, 0.4) is 0 Å². The van der Waals surface area contributed by atoms with Gasteiger partial charge in [0.15, 0.2) is 5.76 Å². The van der Waals surface area contributed by atoms with Gasteiger partial charge < -0.3 is 19.2 Å². The molecule has 1 aliphatic carbocycles. The fourth-order valence-corrected chi connectivity index (χ4v) is 3.50. The Balaban J connectivity index is 1.63. The predicted octanol–water partition coefficient (Wildman–Crippen LogP) is 1.67. The first-order valence-corrected chi connectivity index (χ1v) is 7.30. The summed E-state index contributed by atoms with van der Waals surface area (Å²) in [6.07, 6.45) is 3.68. The van der Waals surface area contributed by atoms with E-state index in [2.05, 4.69) is 0 Å². The zero-order chi connectivity index (χ0) is 14.2. The van der Waals surface area contributed by atoms with Crippen molar-refractivity contribution in [3.63, 3.8) is 0 Å². The van der Waals surface area contributed by atoms with Crippen molar-refractivity contribution < 1.29 is 19.1 Å². The molecule has 110 valence electrons. The molecule has 1 spiro atoms. The summed E-state index contributed by atoms with van der Waals surface area (Å²) in [5.74, 6) is 0.322.